The van der Waals surface area contributed by atoms with E-state index in [1.165, 1.54) is 13.0 Å². The molecule has 0 aliphatic heterocycles. The van der Waals surface area contributed by atoms with Crippen LogP contribution < -0.4 is 0 Å². The molecule has 0 radical (unpaired) electrons. The Kier molecular flexibility index (Phi) is 3.03. The highest BCUT2D eigenvalue weighted by atomic mass is 35.5. The Bertz CT molecular complexity index is 553. The number of hydrogen-bond acceptors (Lipinski definition) is 3. The lowest BCUT2D eigenvalue weighted by Crippen LogP contribution is -1.95. The molecule has 1 aromatic heterocycles. The molecule has 5 heteroatoms. The average molecular weight is 256 g/mol. The Morgan fingerprint density at radius 1 is 1.44 bits per heavy atom. The van der Waals surface area contributed by atoms with E-state index in [9.17, 15) is 9.18 Å². The Balaban J connectivity index is 2.64. The van der Waals surface area contributed by atoms with E-state index in [0.717, 1.165) is 11.3 Å². The normalized spacial score (nSPS) is 10.4. The van der Waals surface area contributed by atoms with Crippen molar-refractivity contribution in [3.8, 4) is 10.4 Å². The Morgan fingerprint density at radius 3 is 2.75 bits per heavy atom. The molecule has 16 heavy (non-hydrogen) atoms. The molecular weight excluding hydrogens is 249 g/mol. The van der Waals surface area contributed by atoms with Gasteiger partial charge in [0, 0.05) is 12.5 Å². The number of rotatable bonds is 2. The van der Waals surface area contributed by atoms with Gasteiger partial charge in [-0.15, -0.1) is 11.3 Å². The van der Waals surface area contributed by atoms with E-state index in [2.05, 4.69) is 4.98 Å². The fourth-order valence-electron chi connectivity index (χ4n) is 1.36. The third-order valence-corrected chi connectivity index (χ3v) is 3.25. The minimum absolute atomic E-state index is 0.221. The maximum atomic E-state index is 13.6. The van der Waals surface area contributed by atoms with E-state index in [0.29, 0.717) is 10.4 Å². The van der Waals surface area contributed by atoms with Crippen LogP contribution in [0.2, 0.25) is 4.47 Å². The number of carbonyl (C=O) groups is 1. The Morgan fingerprint density at radius 2 is 2.12 bits per heavy atom. The van der Waals surface area contributed by atoms with Crippen molar-refractivity contribution in [1.82, 2.24) is 4.98 Å². The highest BCUT2D eigenvalue weighted by molar-refractivity contribution is 7.19. The van der Waals surface area contributed by atoms with E-state index in [1.807, 2.05) is 0 Å². The van der Waals surface area contributed by atoms with E-state index in [-0.39, 0.29) is 21.8 Å². The van der Waals surface area contributed by atoms with Gasteiger partial charge in [-0.3, -0.25) is 4.79 Å². The van der Waals surface area contributed by atoms with Crippen LogP contribution in [0.25, 0.3) is 10.4 Å². The van der Waals surface area contributed by atoms with Crippen molar-refractivity contribution >= 4 is 28.7 Å². The molecule has 2 rings (SSSR count). The zero-order valence-corrected chi connectivity index (χ0v) is 9.90. The van der Waals surface area contributed by atoms with Crippen LogP contribution in [0, 0.1) is 5.82 Å². The molecule has 0 aliphatic rings. The predicted molar refractivity (Wildman–Crippen MR) is 62.5 cm³/mol. The summed E-state index contributed by atoms with van der Waals surface area (Å²) in [5.41, 5.74) is 0.581. The van der Waals surface area contributed by atoms with Gasteiger partial charge in [0.2, 0.25) is 0 Å². The van der Waals surface area contributed by atoms with Crippen molar-refractivity contribution in [2.75, 3.05) is 0 Å². The van der Waals surface area contributed by atoms with Gasteiger partial charge in [-0.05, 0) is 6.07 Å². The summed E-state index contributed by atoms with van der Waals surface area (Å²) in [7, 11) is 0. The first-order valence-corrected chi connectivity index (χ1v) is 5.71. The lowest BCUT2D eigenvalue weighted by atomic mass is 10.1. The summed E-state index contributed by atoms with van der Waals surface area (Å²) < 4.78 is 13.8. The number of nitrogens with zero attached hydrogens (tertiary/aromatic N) is 1. The molecule has 2 nitrogen and oxygen atoms in total. The Hall–Kier alpha value is -1.26. The van der Waals surface area contributed by atoms with Crippen molar-refractivity contribution in [1.29, 1.82) is 0 Å². The second-order valence-corrected chi connectivity index (χ2v) is 4.76. The Labute approximate surface area is 101 Å². The van der Waals surface area contributed by atoms with Gasteiger partial charge < -0.3 is 0 Å². The summed E-state index contributed by atoms with van der Waals surface area (Å²) in [5.74, 6) is -0.605. The molecule has 0 bridgehead atoms. The van der Waals surface area contributed by atoms with Crippen LogP contribution in [0.5, 0.6) is 0 Å². The predicted octanol–water partition coefficient (Wildman–Crippen LogP) is 3.81. The van der Waals surface area contributed by atoms with Gasteiger partial charge in [0.25, 0.3) is 0 Å². The van der Waals surface area contributed by atoms with Crippen molar-refractivity contribution in [2.45, 2.75) is 6.92 Å². The van der Waals surface area contributed by atoms with Crippen molar-refractivity contribution < 1.29 is 9.18 Å². The zero-order valence-electron chi connectivity index (χ0n) is 8.33. The zero-order chi connectivity index (χ0) is 11.7. The molecule has 82 valence electrons. The summed E-state index contributed by atoms with van der Waals surface area (Å²) in [4.78, 5) is 15.7. The summed E-state index contributed by atoms with van der Waals surface area (Å²) >= 11 is 6.85. The number of aromatic nitrogens is 1. The highest BCUT2D eigenvalue weighted by Gasteiger charge is 2.17. The lowest BCUT2D eigenvalue weighted by Gasteiger charge is -2.00. The van der Waals surface area contributed by atoms with Gasteiger partial charge in [-0.1, -0.05) is 29.8 Å². The third-order valence-electron chi connectivity index (χ3n) is 2.05. The minimum Gasteiger partial charge on any atom is -0.293 e. The van der Waals surface area contributed by atoms with Crippen LogP contribution in [0.4, 0.5) is 4.39 Å². The van der Waals surface area contributed by atoms with Crippen LogP contribution in [0.1, 0.15) is 17.4 Å². The first kappa shape index (κ1) is 11.2. The maximum absolute atomic E-state index is 13.6. The molecule has 2 aromatic rings. The van der Waals surface area contributed by atoms with Crippen LogP contribution in [-0.4, -0.2) is 10.8 Å². The first-order chi connectivity index (χ1) is 7.59. The van der Waals surface area contributed by atoms with Gasteiger partial charge in [0.15, 0.2) is 10.3 Å². The quantitative estimate of drug-likeness (QED) is 0.764. The summed E-state index contributed by atoms with van der Waals surface area (Å²) in [6.07, 6.45) is 0. The van der Waals surface area contributed by atoms with E-state index in [4.69, 9.17) is 11.6 Å². The molecule has 1 heterocycles. The van der Waals surface area contributed by atoms with Crippen molar-refractivity contribution in [3.05, 3.63) is 40.2 Å². The maximum Gasteiger partial charge on any atom is 0.184 e. The molecule has 0 saturated carbocycles. The fourth-order valence-corrected chi connectivity index (χ4v) is 2.54. The van der Waals surface area contributed by atoms with E-state index < -0.39 is 0 Å². The third kappa shape index (κ3) is 1.99. The number of hydrogen-bond donors (Lipinski definition) is 0. The number of halogens is 2. The summed E-state index contributed by atoms with van der Waals surface area (Å²) in [5, 5.41) is 0. The molecule has 0 unspecified atom stereocenters. The van der Waals surface area contributed by atoms with Gasteiger partial charge in [-0.25, -0.2) is 9.37 Å². The van der Waals surface area contributed by atoms with Crippen LogP contribution >= 0.6 is 22.9 Å². The van der Waals surface area contributed by atoms with Crippen LogP contribution in [0.15, 0.2) is 24.3 Å². The number of Topliss-reactive ketones (excluding diaryl/α,β-unsaturated/α-hetero) is 1. The topological polar surface area (TPSA) is 30.0 Å². The molecule has 1 aromatic carbocycles. The molecule has 0 aliphatic carbocycles. The van der Waals surface area contributed by atoms with Gasteiger partial charge in [-0.2, -0.15) is 0 Å². The van der Waals surface area contributed by atoms with Crippen molar-refractivity contribution in [3.63, 3.8) is 0 Å². The van der Waals surface area contributed by atoms with Crippen LogP contribution in [-0.2, 0) is 0 Å². The van der Waals surface area contributed by atoms with E-state index in [1.54, 1.807) is 18.2 Å². The second kappa shape index (κ2) is 4.31. The summed E-state index contributed by atoms with van der Waals surface area (Å²) in [6.45, 7) is 1.38. The molecule has 0 spiro atoms. The van der Waals surface area contributed by atoms with Crippen LogP contribution in [0.3, 0.4) is 0 Å². The summed E-state index contributed by atoms with van der Waals surface area (Å²) in [6, 6.07) is 6.24. The molecule has 0 atom stereocenters. The smallest absolute Gasteiger partial charge is 0.184 e. The molecular formula is C11H7ClFNOS. The molecule has 0 amide bonds. The molecule has 0 saturated heterocycles. The van der Waals surface area contributed by atoms with Gasteiger partial charge >= 0.3 is 0 Å². The number of thiazole rings is 1. The van der Waals surface area contributed by atoms with E-state index >= 15 is 0 Å². The van der Waals surface area contributed by atoms with Crippen molar-refractivity contribution in [2.24, 2.45) is 0 Å². The minimum atomic E-state index is -0.384. The molecule has 0 N–H and O–H groups in total. The number of benzene rings is 1. The fraction of sp³-hybridized carbons (Fsp3) is 0.0909. The highest BCUT2D eigenvalue weighted by Crippen LogP contribution is 2.34. The standard InChI is InChI=1S/C11H7ClFNOS/c1-6(15)9-10(16-11(12)14-9)7-4-2-3-5-8(7)13/h2-5H,1H3. The number of carbonyl (C=O) groups excluding carboxylic acids is 1. The first-order valence-electron chi connectivity index (χ1n) is 4.51. The average Bonchev–Trinajstić information content (AvgIpc) is 2.61. The monoisotopic (exact) mass is 255 g/mol. The SMILES string of the molecule is CC(=O)c1nc(Cl)sc1-c1ccccc1F. The largest absolute Gasteiger partial charge is 0.293 e. The van der Waals surface area contributed by atoms with Gasteiger partial charge in [0.1, 0.15) is 11.5 Å². The molecule has 0 fully saturated rings. The number of ketones is 1. The van der Waals surface area contributed by atoms with Gasteiger partial charge in [0.05, 0.1) is 4.88 Å². The second-order valence-electron chi connectivity index (χ2n) is 3.18. The lowest BCUT2D eigenvalue weighted by molar-refractivity contribution is 0.101.